The molecule has 0 bridgehead atoms. The molecule has 0 spiro atoms. The first kappa shape index (κ1) is 15.1. The molecule has 0 fully saturated rings. The van der Waals surface area contributed by atoms with E-state index in [9.17, 15) is 9.59 Å². The number of hydrogen-bond acceptors (Lipinski definition) is 3. The summed E-state index contributed by atoms with van der Waals surface area (Å²) in [5.74, 6) is 0. The average Bonchev–Trinajstić information content (AvgIpc) is 2.44. The number of rotatable bonds is 2. The van der Waals surface area contributed by atoms with Gasteiger partial charge in [-0.15, -0.1) is 0 Å². The van der Waals surface area contributed by atoms with Crippen LogP contribution in [0.1, 0.15) is 11.1 Å². The zero-order chi connectivity index (χ0) is 15.2. The highest BCUT2D eigenvalue weighted by Crippen LogP contribution is 2.19. The van der Waals surface area contributed by atoms with Gasteiger partial charge >= 0.3 is 0 Å². The summed E-state index contributed by atoms with van der Waals surface area (Å²) in [6, 6.07) is 14.8. The van der Waals surface area contributed by atoms with Crippen molar-refractivity contribution in [1.29, 1.82) is 0 Å². The molecule has 5 heteroatoms. The van der Waals surface area contributed by atoms with Gasteiger partial charge in [-0.05, 0) is 37.1 Å². The second-order valence-electron chi connectivity index (χ2n) is 4.56. The van der Waals surface area contributed by atoms with E-state index in [2.05, 4.69) is 10.6 Å². The van der Waals surface area contributed by atoms with Crippen molar-refractivity contribution in [2.24, 2.45) is 0 Å². The van der Waals surface area contributed by atoms with Crippen LogP contribution in [0.4, 0.5) is 21.0 Å². The highest BCUT2D eigenvalue weighted by Gasteiger charge is 2.12. The molecule has 0 heterocycles. The Balaban J connectivity index is 1.93. The lowest BCUT2D eigenvalue weighted by Gasteiger charge is -2.09. The number of anilines is 2. The molecule has 0 aliphatic carbocycles. The topological polar surface area (TPSA) is 58.2 Å². The third-order valence-corrected chi connectivity index (χ3v) is 3.52. The van der Waals surface area contributed by atoms with Gasteiger partial charge in [0.2, 0.25) is 0 Å². The lowest BCUT2D eigenvalue weighted by Crippen LogP contribution is -2.13. The van der Waals surface area contributed by atoms with Crippen molar-refractivity contribution >= 4 is 33.6 Å². The van der Waals surface area contributed by atoms with Gasteiger partial charge in [0, 0.05) is 23.1 Å². The van der Waals surface area contributed by atoms with Crippen molar-refractivity contribution in [3.05, 3.63) is 59.7 Å². The average molecular weight is 300 g/mol. The Hall–Kier alpha value is -2.27. The molecule has 0 aromatic heterocycles. The molecule has 0 saturated heterocycles. The second-order valence-corrected chi connectivity index (χ2v) is 5.50. The van der Waals surface area contributed by atoms with E-state index in [1.807, 2.05) is 50.2 Å². The fourth-order valence-corrected chi connectivity index (χ4v) is 2.27. The lowest BCUT2D eigenvalue weighted by molar-refractivity contribution is 0.267. The Kier molecular flexibility index (Phi) is 5.00. The van der Waals surface area contributed by atoms with E-state index in [-0.39, 0.29) is 0 Å². The summed E-state index contributed by atoms with van der Waals surface area (Å²) in [5.41, 5.74) is 3.31. The molecule has 0 unspecified atom stereocenters. The van der Waals surface area contributed by atoms with Crippen molar-refractivity contribution < 1.29 is 9.59 Å². The molecule has 2 N–H and O–H groups in total. The Bertz CT molecular complexity index is 613. The predicted molar refractivity (Wildman–Crippen MR) is 88.0 cm³/mol. The molecule has 2 aromatic rings. The number of carbonyl (C=O) groups is 2. The van der Waals surface area contributed by atoms with Crippen molar-refractivity contribution in [2.75, 3.05) is 10.6 Å². The minimum atomic E-state index is -0.407. The highest BCUT2D eigenvalue weighted by atomic mass is 32.2. The maximum Gasteiger partial charge on any atom is 0.292 e. The van der Waals surface area contributed by atoms with Crippen LogP contribution in [0.3, 0.4) is 0 Å². The summed E-state index contributed by atoms with van der Waals surface area (Å²) in [5, 5.41) is 4.60. The van der Waals surface area contributed by atoms with E-state index in [1.165, 1.54) is 0 Å². The van der Waals surface area contributed by atoms with Crippen LogP contribution in [0.15, 0.2) is 48.5 Å². The summed E-state index contributed by atoms with van der Waals surface area (Å²) in [6.07, 6.45) is 0. The molecule has 21 heavy (non-hydrogen) atoms. The van der Waals surface area contributed by atoms with Gasteiger partial charge in [-0.25, -0.2) is 0 Å². The van der Waals surface area contributed by atoms with Gasteiger partial charge < -0.3 is 10.6 Å². The molecule has 0 radical (unpaired) electrons. The number of aryl methyl sites for hydroxylation is 2. The number of hydrogen-bond donors (Lipinski definition) is 2. The predicted octanol–water partition coefficient (Wildman–Crippen LogP) is 4.80. The molecule has 0 aliphatic rings. The maximum absolute atomic E-state index is 11.8. The van der Waals surface area contributed by atoms with Crippen LogP contribution in [0.2, 0.25) is 0 Å². The Morgan fingerprint density at radius 1 is 0.762 bits per heavy atom. The second kappa shape index (κ2) is 6.95. The van der Waals surface area contributed by atoms with E-state index >= 15 is 0 Å². The van der Waals surface area contributed by atoms with Crippen LogP contribution in [-0.4, -0.2) is 10.5 Å². The number of para-hydroxylation sites is 2. The summed E-state index contributed by atoms with van der Waals surface area (Å²) in [6.45, 7) is 3.79. The highest BCUT2D eigenvalue weighted by molar-refractivity contribution is 8.26. The van der Waals surface area contributed by atoms with E-state index in [4.69, 9.17) is 0 Å². The standard InChI is InChI=1S/C16H16N2O2S/c1-11-7-3-5-9-13(11)17-15(19)21-16(20)18-14-10-6-4-8-12(14)2/h3-10H,1-2H3,(H,17,19)(H,18,20). The van der Waals surface area contributed by atoms with Gasteiger partial charge in [-0.1, -0.05) is 36.4 Å². The first-order valence-electron chi connectivity index (χ1n) is 6.47. The first-order chi connectivity index (χ1) is 10.1. The zero-order valence-electron chi connectivity index (χ0n) is 11.8. The minimum Gasteiger partial charge on any atom is -0.316 e. The zero-order valence-corrected chi connectivity index (χ0v) is 12.7. The van der Waals surface area contributed by atoms with Gasteiger partial charge in [-0.3, -0.25) is 9.59 Å². The molecule has 0 aliphatic heterocycles. The smallest absolute Gasteiger partial charge is 0.292 e. The Labute approximate surface area is 127 Å². The SMILES string of the molecule is Cc1ccccc1NC(=O)SC(=O)Nc1ccccc1C. The van der Waals surface area contributed by atoms with Crippen LogP contribution in [0.5, 0.6) is 0 Å². The fraction of sp³-hybridized carbons (Fsp3) is 0.125. The molecule has 2 aromatic carbocycles. The van der Waals surface area contributed by atoms with Crippen LogP contribution in [-0.2, 0) is 0 Å². The third kappa shape index (κ3) is 4.36. The molecule has 108 valence electrons. The summed E-state index contributed by atoms with van der Waals surface area (Å²) >= 11 is 0.607. The van der Waals surface area contributed by atoms with Gasteiger partial charge in [0.05, 0.1) is 0 Å². The fourth-order valence-electron chi connectivity index (χ4n) is 1.78. The maximum atomic E-state index is 11.8. The lowest BCUT2D eigenvalue weighted by atomic mass is 10.2. The van der Waals surface area contributed by atoms with Crippen LogP contribution >= 0.6 is 11.8 Å². The number of amides is 2. The van der Waals surface area contributed by atoms with Crippen LogP contribution in [0.25, 0.3) is 0 Å². The van der Waals surface area contributed by atoms with Gasteiger partial charge in [0.25, 0.3) is 10.5 Å². The number of benzene rings is 2. The summed E-state index contributed by atoms with van der Waals surface area (Å²) < 4.78 is 0. The quantitative estimate of drug-likeness (QED) is 0.837. The molecule has 0 saturated carbocycles. The molecule has 2 amide bonds. The molecule has 4 nitrogen and oxygen atoms in total. The van der Waals surface area contributed by atoms with E-state index in [0.29, 0.717) is 23.1 Å². The molecule has 0 atom stereocenters. The number of nitrogens with one attached hydrogen (secondary N) is 2. The summed E-state index contributed by atoms with van der Waals surface area (Å²) in [4.78, 5) is 23.7. The van der Waals surface area contributed by atoms with Crippen molar-refractivity contribution in [2.45, 2.75) is 13.8 Å². The van der Waals surface area contributed by atoms with Gasteiger partial charge in [0.1, 0.15) is 0 Å². The summed E-state index contributed by atoms with van der Waals surface area (Å²) in [7, 11) is 0. The molecular formula is C16H16N2O2S. The Morgan fingerprint density at radius 2 is 1.14 bits per heavy atom. The third-order valence-electron chi connectivity index (χ3n) is 2.95. The minimum absolute atomic E-state index is 0.407. The van der Waals surface area contributed by atoms with Gasteiger partial charge in [-0.2, -0.15) is 0 Å². The van der Waals surface area contributed by atoms with Crippen molar-refractivity contribution in [3.8, 4) is 0 Å². The van der Waals surface area contributed by atoms with Crippen LogP contribution in [0, 0.1) is 13.8 Å². The molecule has 2 rings (SSSR count). The van der Waals surface area contributed by atoms with E-state index < -0.39 is 10.5 Å². The van der Waals surface area contributed by atoms with E-state index in [0.717, 1.165) is 11.1 Å². The van der Waals surface area contributed by atoms with E-state index in [1.54, 1.807) is 12.1 Å². The number of carbonyl (C=O) groups excluding carboxylic acids is 2. The monoisotopic (exact) mass is 300 g/mol. The first-order valence-corrected chi connectivity index (χ1v) is 7.29. The normalized spacial score (nSPS) is 10.0. The van der Waals surface area contributed by atoms with Crippen molar-refractivity contribution in [3.63, 3.8) is 0 Å². The van der Waals surface area contributed by atoms with Crippen LogP contribution < -0.4 is 10.6 Å². The number of thioether (sulfide) groups is 1. The molecular weight excluding hydrogens is 284 g/mol. The Morgan fingerprint density at radius 3 is 1.52 bits per heavy atom. The van der Waals surface area contributed by atoms with Crippen molar-refractivity contribution in [1.82, 2.24) is 0 Å². The van der Waals surface area contributed by atoms with Gasteiger partial charge in [0.15, 0.2) is 0 Å². The largest absolute Gasteiger partial charge is 0.316 e.